The van der Waals surface area contributed by atoms with Crippen LogP contribution >= 0.6 is 11.3 Å². The van der Waals surface area contributed by atoms with E-state index in [4.69, 9.17) is 4.74 Å². The van der Waals surface area contributed by atoms with Crippen molar-refractivity contribution in [2.75, 3.05) is 46.4 Å². The van der Waals surface area contributed by atoms with Crippen LogP contribution in [0.2, 0.25) is 0 Å². The van der Waals surface area contributed by atoms with Gasteiger partial charge in [0.15, 0.2) is 0 Å². The number of aryl methyl sites for hydroxylation is 1. The molecular weight excluding hydrogens is 370 g/mol. The summed E-state index contributed by atoms with van der Waals surface area (Å²) < 4.78 is 5.62. The van der Waals surface area contributed by atoms with Gasteiger partial charge in [-0.25, -0.2) is 0 Å². The molecule has 5 nitrogen and oxygen atoms in total. The number of carbonyl (C=O) groups is 1. The summed E-state index contributed by atoms with van der Waals surface area (Å²) in [6.07, 6.45) is 5.60. The molecule has 1 unspecified atom stereocenters. The minimum absolute atomic E-state index is 0.343. The first-order valence-electron chi connectivity index (χ1n) is 11.0. The van der Waals surface area contributed by atoms with Crippen LogP contribution in [-0.4, -0.2) is 79.1 Å². The standard InChI is InChI=1S/C22H35N3O2S/c1-17-8-14-28-21(17)16-23(2)10-11-25(19-6-12-27-13-7-19)20-5-9-24(15-20)22(26)18-3-4-18/h8,14,18-20H,3-7,9-13,15-16H2,1-2H3. The predicted molar refractivity (Wildman–Crippen MR) is 114 cm³/mol. The number of ether oxygens (including phenoxy) is 1. The average Bonchev–Trinajstić information content (AvgIpc) is 3.32. The van der Waals surface area contributed by atoms with Gasteiger partial charge in [-0.2, -0.15) is 0 Å². The zero-order chi connectivity index (χ0) is 19.5. The first kappa shape index (κ1) is 20.3. The molecule has 0 bridgehead atoms. The van der Waals surface area contributed by atoms with E-state index in [9.17, 15) is 4.79 Å². The fourth-order valence-corrected chi connectivity index (χ4v) is 5.64. The van der Waals surface area contributed by atoms with E-state index in [2.05, 4.69) is 40.1 Å². The van der Waals surface area contributed by atoms with Gasteiger partial charge in [0, 0.05) is 68.8 Å². The Hall–Kier alpha value is -0.950. The topological polar surface area (TPSA) is 36.0 Å². The Morgan fingerprint density at radius 2 is 1.96 bits per heavy atom. The number of hydrogen-bond donors (Lipinski definition) is 0. The third-order valence-corrected chi connectivity index (χ3v) is 7.66. The van der Waals surface area contributed by atoms with Gasteiger partial charge in [-0.05, 0) is 63.1 Å². The van der Waals surface area contributed by atoms with Crippen molar-refractivity contribution >= 4 is 17.2 Å². The van der Waals surface area contributed by atoms with Crippen LogP contribution in [-0.2, 0) is 16.1 Å². The summed E-state index contributed by atoms with van der Waals surface area (Å²) >= 11 is 1.86. The molecule has 0 spiro atoms. The first-order valence-corrected chi connectivity index (χ1v) is 11.8. The second-order valence-corrected chi connectivity index (χ2v) is 9.85. The summed E-state index contributed by atoms with van der Waals surface area (Å²) in [5.74, 6) is 0.759. The normalized spacial score (nSPS) is 23.9. The smallest absolute Gasteiger partial charge is 0.225 e. The number of hydrogen-bond acceptors (Lipinski definition) is 5. The molecule has 1 amide bonds. The average molecular weight is 406 g/mol. The van der Waals surface area contributed by atoms with E-state index in [0.717, 1.165) is 78.0 Å². The lowest BCUT2D eigenvalue weighted by Gasteiger charge is -2.39. The Morgan fingerprint density at radius 1 is 1.18 bits per heavy atom. The van der Waals surface area contributed by atoms with Crippen molar-refractivity contribution < 1.29 is 9.53 Å². The highest BCUT2D eigenvalue weighted by molar-refractivity contribution is 7.10. The van der Waals surface area contributed by atoms with Gasteiger partial charge in [0.1, 0.15) is 0 Å². The van der Waals surface area contributed by atoms with Gasteiger partial charge < -0.3 is 14.5 Å². The van der Waals surface area contributed by atoms with Crippen LogP contribution in [0.15, 0.2) is 11.4 Å². The number of amides is 1. The van der Waals surface area contributed by atoms with Crippen LogP contribution in [0, 0.1) is 12.8 Å². The maximum Gasteiger partial charge on any atom is 0.225 e. The van der Waals surface area contributed by atoms with Crippen molar-refractivity contribution in [2.24, 2.45) is 5.92 Å². The Kier molecular flexibility index (Phi) is 6.71. The van der Waals surface area contributed by atoms with Crippen molar-refractivity contribution in [2.45, 2.75) is 57.7 Å². The molecule has 0 aromatic carbocycles. The molecule has 2 saturated heterocycles. The summed E-state index contributed by atoms with van der Waals surface area (Å²) in [4.78, 5) is 21.3. The van der Waals surface area contributed by atoms with E-state index >= 15 is 0 Å². The Morgan fingerprint density at radius 3 is 2.64 bits per heavy atom. The molecule has 1 saturated carbocycles. The lowest BCUT2D eigenvalue weighted by molar-refractivity contribution is -0.131. The molecule has 4 rings (SSSR count). The monoisotopic (exact) mass is 405 g/mol. The molecule has 1 aliphatic carbocycles. The molecule has 3 aliphatic rings. The van der Waals surface area contributed by atoms with Crippen molar-refractivity contribution in [1.82, 2.24) is 14.7 Å². The van der Waals surface area contributed by atoms with E-state index in [1.54, 1.807) is 0 Å². The molecule has 2 aliphatic heterocycles. The van der Waals surface area contributed by atoms with Crippen molar-refractivity contribution in [3.8, 4) is 0 Å². The summed E-state index contributed by atoms with van der Waals surface area (Å²) in [5, 5.41) is 2.19. The molecule has 3 heterocycles. The largest absolute Gasteiger partial charge is 0.381 e. The number of likely N-dealkylation sites (tertiary alicyclic amines) is 1. The predicted octanol–water partition coefficient (Wildman–Crippen LogP) is 2.98. The Bertz CT molecular complexity index is 654. The molecule has 3 fully saturated rings. The molecule has 0 N–H and O–H groups in total. The number of thiophene rings is 1. The maximum absolute atomic E-state index is 12.5. The second kappa shape index (κ2) is 9.24. The molecule has 6 heteroatoms. The Labute approximate surface area is 173 Å². The van der Waals surface area contributed by atoms with Gasteiger partial charge in [0.25, 0.3) is 0 Å². The maximum atomic E-state index is 12.5. The van der Waals surface area contributed by atoms with Gasteiger partial charge in [-0.3, -0.25) is 9.69 Å². The summed E-state index contributed by atoms with van der Waals surface area (Å²) in [7, 11) is 2.24. The third kappa shape index (κ3) is 4.96. The second-order valence-electron chi connectivity index (χ2n) is 8.85. The fourth-order valence-electron chi connectivity index (χ4n) is 4.66. The molecular formula is C22H35N3O2S. The van der Waals surface area contributed by atoms with Crippen LogP contribution in [0.4, 0.5) is 0 Å². The molecule has 1 atom stereocenters. The summed E-state index contributed by atoms with van der Waals surface area (Å²) in [5.41, 5.74) is 1.41. The van der Waals surface area contributed by atoms with E-state index < -0.39 is 0 Å². The molecule has 28 heavy (non-hydrogen) atoms. The highest BCUT2D eigenvalue weighted by atomic mass is 32.1. The van der Waals surface area contributed by atoms with Gasteiger partial charge in [-0.1, -0.05) is 0 Å². The number of rotatable bonds is 8. The Balaban J connectivity index is 1.35. The van der Waals surface area contributed by atoms with Crippen LogP contribution in [0.5, 0.6) is 0 Å². The van der Waals surface area contributed by atoms with Gasteiger partial charge in [0.2, 0.25) is 5.91 Å². The highest BCUT2D eigenvalue weighted by Gasteiger charge is 2.39. The van der Waals surface area contributed by atoms with Crippen LogP contribution in [0.25, 0.3) is 0 Å². The van der Waals surface area contributed by atoms with Crippen LogP contribution < -0.4 is 0 Å². The van der Waals surface area contributed by atoms with E-state index in [-0.39, 0.29) is 0 Å². The number of nitrogens with zero attached hydrogens (tertiary/aromatic N) is 3. The van der Waals surface area contributed by atoms with Gasteiger partial charge in [0.05, 0.1) is 0 Å². The van der Waals surface area contributed by atoms with Gasteiger partial charge in [-0.15, -0.1) is 11.3 Å². The molecule has 1 aromatic rings. The lowest BCUT2D eigenvalue weighted by Crippen LogP contribution is -2.49. The number of carbonyl (C=O) groups excluding carboxylic acids is 1. The van der Waals surface area contributed by atoms with Gasteiger partial charge >= 0.3 is 0 Å². The van der Waals surface area contributed by atoms with Crippen molar-refractivity contribution in [3.05, 3.63) is 21.9 Å². The summed E-state index contributed by atoms with van der Waals surface area (Å²) in [6, 6.07) is 3.33. The number of likely N-dealkylation sites (N-methyl/N-ethyl adjacent to an activating group) is 1. The van der Waals surface area contributed by atoms with E-state index in [1.807, 2.05) is 11.3 Å². The minimum atomic E-state index is 0.343. The van der Waals surface area contributed by atoms with Crippen molar-refractivity contribution in [1.29, 1.82) is 0 Å². The van der Waals surface area contributed by atoms with E-state index in [0.29, 0.717) is 23.9 Å². The first-order chi connectivity index (χ1) is 13.6. The van der Waals surface area contributed by atoms with E-state index in [1.165, 1.54) is 10.4 Å². The summed E-state index contributed by atoms with van der Waals surface area (Å²) in [6.45, 7) is 9.03. The SMILES string of the molecule is Cc1ccsc1CN(C)CCN(C1CCOCC1)C1CCN(C(=O)C2CC2)C1. The zero-order valence-electron chi connectivity index (χ0n) is 17.4. The molecule has 1 aromatic heterocycles. The molecule has 156 valence electrons. The highest BCUT2D eigenvalue weighted by Crippen LogP contribution is 2.33. The quantitative estimate of drug-likeness (QED) is 0.666. The minimum Gasteiger partial charge on any atom is -0.381 e. The molecule has 0 radical (unpaired) electrons. The zero-order valence-corrected chi connectivity index (χ0v) is 18.3. The van der Waals surface area contributed by atoms with Crippen LogP contribution in [0.3, 0.4) is 0 Å². The third-order valence-electron chi connectivity index (χ3n) is 6.65. The van der Waals surface area contributed by atoms with Crippen molar-refractivity contribution in [3.63, 3.8) is 0 Å². The lowest BCUT2D eigenvalue weighted by atomic mass is 10.0. The fraction of sp³-hybridized carbons (Fsp3) is 0.773. The van der Waals surface area contributed by atoms with Crippen LogP contribution in [0.1, 0.15) is 42.5 Å².